The summed E-state index contributed by atoms with van der Waals surface area (Å²) >= 11 is 0. The smallest absolute Gasteiger partial charge is 0.0649 e. The van der Waals surface area contributed by atoms with Crippen molar-refractivity contribution in [2.75, 3.05) is 6.54 Å². The second kappa shape index (κ2) is 8.92. The summed E-state index contributed by atoms with van der Waals surface area (Å²) in [5.74, 6) is 0. The quantitative estimate of drug-likeness (QED) is 0.610. The monoisotopic (exact) mass is 255 g/mol. The first-order valence-electron chi connectivity index (χ1n) is 8.16. The van der Waals surface area contributed by atoms with Gasteiger partial charge in [0.15, 0.2) is 0 Å². The second-order valence-corrected chi connectivity index (χ2v) is 6.07. The van der Waals surface area contributed by atoms with Crippen LogP contribution in [0.2, 0.25) is 0 Å². The van der Waals surface area contributed by atoms with E-state index < -0.39 is 0 Å². The molecular formula is C16H33NO. The number of hydrogen-bond donors (Lipinski definition) is 2. The second-order valence-electron chi connectivity index (χ2n) is 6.07. The molecule has 1 rings (SSSR count). The van der Waals surface area contributed by atoms with Gasteiger partial charge in [0, 0.05) is 6.04 Å². The number of rotatable bonds is 9. The van der Waals surface area contributed by atoms with Gasteiger partial charge in [-0.25, -0.2) is 0 Å². The predicted octanol–water partition coefficient (Wildman–Crippen LogP) is 4.02. The van der Waals surface area contributed by atoms with Gasteiger partial charge in [0.1, 0.15) is 0 Å². The van der Waals surface area contributed by atoms with Crippen molar-refractivity contribution < 1.29 is 5.11 Å². The Morgan fingerprint density at radius 2 is 1.61 bits per heavy atom. The molecule has 1 aliphatic rings. The van der Waals surface area contributed by atoms with Crippen molar-refractivity contribution in [3.63, 3.8) is 0 Å². The Labute approximate surface area is 114 Å². The molecule has 1 fully saturated rings. The van der Waals surface area contributed by atoms with Crippen LogP contribution >= 0.6 is 0 Å². The fourth-order valence-corrected chi connectivity index (χ4v) is 3.13. The van der Waals surface area contributed by atoms with E-state index in [0.717, 1.165) is 38.6 Å². The van der Waals surface area contributed by atoms with E-state index >= 15 is 0 Å². The van der Waals surface area contributed by atoms with E-state index in [1.54, 1.807) is 0 Å². The predicted molar refractivity (Wildman–Crippen MR) is 78.9 cm³/mol. The minimum Gasteiger partial charge on any atom is -0.390 e. The van der Waals surface area contributed by atoms with E-state index in [1.165, 1.54) is 38.5 Å². The first-order valence-corrected chi connectivity index (χ1v) is 8.16. The summed E-state index contributed by atoms with van der Waals surface area (Å²) in [6.45, 7) is 5.48. The number of hydrogen-bond acceptors (Lipinski definition) is 2. The van der Waals surface area contributed by atoms with Crippen molar-refractivity contribution in [3.8, 4) is 0 Å². The lowest BCUT2D eigenvalue weighted by molar-refractivity contribution is -0.0128. The van der Waals surface area contributed by atoms with Crippen molar-refractivity contribution >= 4 is 0 Å². The summed E-state index contributed by atoms with van der Waals surface area (Å²) in [6.07, 6.45) is 13.3. The molecule has 0 aliphatic heterocycles. The van der Waals surface area contributed by atoms with E-state index in [-0.39, 0.29) is 5.60 Å². The van der Waals surface area contributed by atoms with Crippen molar-refractivity contribution in [1.29, 1.82) is 0 Å². The van der Waals surface area contributed by atoms with Crippen LogP contribution in [-0.4, -0.2) is 23.3 Å². The lowest BCUT2D eigenvalue weighted by atomic mass is 9.79. The van der Waals surface area contributed by atoms with Crippen LogP contribution in [0, 0.1) is 0 Å². The molecule has 0 aromatic heterocycles. The Kier molecular flexibility index (Phi) is 7.92. The Morgan fingerprint density at radius 3 is 2.22 bits per heavy atom. The zero-order valence-corrected chi connectivity index (χ0v) is 12.5. The zero-order chi connectivity index (χ0) is 13.3. The molecule has 0 aromatic rings. The van der Waals surface area contributed by atoms with Gasteiger partial charge in [-0.1, -0.05) is 52.4 Å². The topological polar surface area (TPSA) is 32.3 Å². The van der Waals surface area contributed by atoms with E-state index in [2.05, 4.69) is 19.2 Å². The third kappa shape index (κ3) is 6.19. The molecule has 0 atom stereocenters. The maximum atomic E-state index is 10.5. The highest BCUT2D eigenvalue weighted by molar-refractivity contribution is 4.87. The van der Waals surface area contributed by atoms with E-state index in [0.29, 0.717) is 6.04 Å². The SMILES string of the molecule is CCCCCCCCC1(O)CCC(NCC)CC1. The summed E-state index contributed by atoms with van der Waals surface area (Å²) in [4.78, 5) is 0. The van der Waals surface area contributed by atoms with Crippen molar-refractivity contribution in [2.45, 2.75) is 96.1 Å². The molecule has 0 saturated heterocycles. The minimum atomic E-state index is -0.337. The van der Waals surface area contributed by atoms with E-state index in [9.17, 15) is 5.11 Å². The normalized spacial score (nSPS) is 28.5. The lowest BCUT2D eigenvalue weighted by Crippen LogP contribution is -2.41. The molecule has 0 unspecified atom stereocenters. The average Bonchev–Trinajstić information content (AvgIpc) is 2.37. The van der Waals surface area contributed by atoms with Gasteiger partial charge in [0.2, 0.25) is 0 Å². The van der Waals surface area contributed by atoms with E-state index in [4.69, 9.17) is 0 Å². The molecule has 0 radical (unpaired) electrons. The van der Waals surface area contributed by atoms with Crippen molar-refractivity contribution in [2.24, 2.45) is 0 Å². The average molecular weight is 255 g/mol. The minimum absolute atomic E-state index is 0.337. The number of aliphatic hydroxyl groups is 1. The molecule has 0 spiro atoms. The first-order chi connectivity index (χ1) is 8.70. The van der Waals surface area contributed by atoms with Crippen LogP contribution < -0.4 is 5.32 Å². The maximum absolute atomic E-state index is 10.5. The van der Waals surface area contributed by atoms with Gasteiger partial charge >= 0.3 is 0 Å². The Hall–Kier alpha value is -0.0800. The van der Waals surface area contributed by atoms with Crippen molar-refractivity contribution in [3.05, 3.63) is 0 Å². The standard InChI is InChI=1S/C16H33NO/c1-3-5-6-7-8-9-12-16(18)13-10-15(11-14-16)17-4-2/h15,17-18H,3-14H2,1-2H3. The van der Waals surface area contributed by atoms with Crippen LogP contribution in [0.5, 0.6) is 0 Å². The Balaban J connectivity index is 2.07. The number of unbranched alkanes of at least 4 members (excludes halogenated alkanes) is 5. The molecule has 2 nitrogen and oxygen atoms in total. The summed E-state index contributed by atoms with van der Waals surface area (Å²) in [7, 11) is 0. The molecule has 2 heteroatoms. The third-order valence-electron chi connectivity index (χ3n) is 4.40. The van der Waals surface area contributed by atoms with Crippen LogP contribution in [0.25, 0.3) is 0 Å². The van der Waals surface area contributed by atoms with Gasteiger partial charge < -0.3 is 10.4 Å². The summed E-state index contributed by atoms with van der Waals surface area (Å²) in [5, 5.41) is 14.0. The highest BCUT2D eigenvalue weighted by atomic mass is 16.3. The van der Waals surface area contributed by atoms with Gasteiger partial charge in [-0.15, -0.1) is 0 Å². The van der Waals surface area contributed by atoms with E-state index in [1.807, 2.05) is 0 Å². The Morgan fingerprint density at radius 1 is 1.00 bits per heavy atom. The first kappa shape index (κ1) is 16.0. The molecular weight excluding hydrogens is 222 g/mol. The molecule has 0 aromatic carbocycles. The van der Waals surface area contributed by atoms with Crippen LogP contribution in [-0.2, 0) is 0 Å². The fourth-order valence-electron chi connectivity index (χ4n) is 3.13. The lowest BCUT2D eigenvalue weighted by Gasteiger charge is -2.36. The molecule has 1 aliphatic carbocycles. The van der Waals surface area contributed by atoms with Crippen LogP contribution in [0.1, 0.15) is 84.5 Å². The molecule has 1 saturated carbocycles. The van der Waals surface area contributed by atoms with Crippen LogP contribution in [0.4, 0.5) is 0 Å². The third-order valence-corrected chi connectivity index (χ3v) is 4.40. The molecule has 0 amide bonds. The van der Waals surface area contributed by atoms with Crippen LogP contribution in [0.3, 0.4) is 0 Å². The Bertz CT molecular complexity index is 197. The summed E-state index contributed by atoms with van der Waals surface area (Å²) in [5.41, 5.74) is -0.337. The molecule has 0 heterocycles. The summed E-state index contributed by atoms with van der Waals surface area (Å²) in [6, 6.07) is 0.653. The van der Waals surface area contributed by atoms with Crippen molar-refractivity contribution in [1.82, 2.24) is 5.32 Å². The van der Waals surface area contributed by atoms with Gasteiger partial charge in [0.25, 0.3) is 0 Å². The highest BCUT2D eigenvalue weighted by Gasteiger charge is 2.31. The highest BCUT2D eigenvalue weighted by Crippen LogP contribution is 2.32. The van der Waals surface area contributed by atoms with Gasteiger partial charge in [0.05, 0.1) is 5.60 Å². The molecule has 0 bridgehead atoms. The summed E-state index contributed by atoms with van der Waals surface area (Å²) < 4.78 is 0. The largest absolute Gasteiger partial charge is 0.390 e. The van der Waals surface area contributed by atoms with Gasteiger partial charge in [-0.05, 0) is 38.6 Å². The van der Waals surface area contributed by atoms with Gasteiger partial charge in [-0.2, -0.15) is 0 Å². The maximum Gasteiger partial charge on any atom is 0.0649 e. The molecule has 2 N–H and O–H groups in total. The fraction of sp³-hybridized carbons (Fsp3) is 1.00. The zero-order valence-electron chi connectivity index (χ0n) is 12.5. The molecule has 108 valence electrons. The number of nitrogens with one attached hydrogen (secondary N) is 1. The van der Waals surface area contributed by atoms with Crippen LogP contribution in [0.15, 0.2) is 0 Å². The van der Waals surface area contributed by atoms with Gasteiger partial charge in [-0.3, -0.25) is 0 Å². The molecule has 18 heavy (non-hydrogen) atoms.